The lowest BCUT2D eigenvalue weighted by Crippen LogP contribution is -2.47. The van der Waals surface area contributed by atoms with Gasteiger partial charge in [0.2, 0.25) is 0 Å². The zero-order valence-corrected chi connectivity index (χ0v) is 18.0. The molecule has 0 aromatic heterocycles. The molecular weight excluding hydrogens is 419 g/mol. The predicted octanol–water partition coefficient (Wildman–Crippen LogP) is 2.97. The molecule has 174 valence electrons. The largest absolute Gasteiger partial charge is 0.573 e. The van der Waals surface area contributed by atoms with Crippen LogP contribution in [-0.4, -0.2) is 61.1 Å². The maximum Gasteiger partial charge on any atom is 0.573 e. The van der Waals surface area contributed by atoms with Crippen molar-refractivity contribution in [3.8, 4) is 5.75 Å². The van der Waals surface area contributed by atoms with Gasteiger partial charge >= 0.3 is 18.3 Å². The number of esters is 1. The molecular formula is C20H28F3N3O5. The molecule has 8 nitrogen and oxygen atoms in total. The molecule has 1 saturated heterocycles. The van der Waals surface area contributed by atoms with E-state index in [4.69, 9.17) is 15.3 Å². The Kier molecular flexibility index (Phi) is 7.77. The molecule has 0 amide bonds. The number of hydrogen-bond acceptors (Lipinski definition) is 8. The summed E-state index contributed by atoms with van der Waals surface area (Å²) in [7, 11) is 0. The summed E-state index contributed by atoms with van der Waals surface area (Å²) in [5.41, 5.74) is 5.59. The van der Waals surface area contributed by atoms with Gasteiger partial charge in [0.1, 0.15) is 5.75 Å². The van der Waals surface area contributed by atoms with Gasteiger partial charge in [-0.2, -0.15) is 0 Å². The fraction of sp³-hybridized carbons (Fsp3) is 0.600. The molecule has 0 bridgehead atoms. The number of hydrogen-bond donors (Lipinski definition) is 1. The summed E-state index contributed by atoms with van der Waals surface area (Å²) >= 11 is 0. The zero-order valence-electron chi connectivity index (χ0n) is 18.0. The van der Waals surface area contributed by atoms with E-state index in [9.17, 15) is 22.8 Å². The fourth-order valence-corrected chi connectivity index (χ4v) is 2.86. The second kappa shape index (κ2) is 9.73. The Labute approximate surface area is 179 Å². The minimum absolute atomic E-state index is 0.0366. The molecule has 2 N–H and O–H groups in total. The van der Waals surface area contributed by atoms with Crippen LogP contribution < -0.4 is 10.5 Å². The van der Waals surface area contributed by atoms with Crippen LogP contribution in [0.25, 0.3) is 0 Å². The Morgan fingerprint density at radius 2 is 1.71 bits per heavy atom. The van der Waals surface area contributed by atoms with E-state index in [2.05, 4.69) is 4.74 Å². The lowest BCUT2D eigenvalue weighted by molar-refractivity contribution is -0.274. The third-order valence-electron chi connectivity index (χ3n) is 4.52. The van der Waals surface area contributed by atoms with Crippen LogP contribution in [0.4, 0.5) is 18.9 Å². The number of nitrogens with two attached hydrogens (primary N) is 1. The number of piperazine rings is 1. The maximum absolute atomic E-state index is 12.7. The van der Waals surface area contributed by atoms with Crippen molar-refractivity contribution in [2.24, 2.45) is 5.41 Å². The van der Waals surface area contributed by atoms with Gasteiger partial charge in [0.15, 0.2) is 0 Å². The number of carbonyl (C=O) groups is 2. The van der Waals surface area contributed by atoms with Gasteiger partial charge in [0.05, 0.1) is 23.3 Å². The second-order valence-electron chi connectivity index (χ2n) is 8.15. The molecule has 2 rings (SSSR count). The third kappa shape index (κ3) is 7.28. The van der Waals surface area contributed by atoms with Crippen LogP contribution in [0.3, 0.4) is 0 Å². The van der Waals surface area contributed by atoms with Crippen molar-refractivity contribution in [2.45, 2.75) is 40.6 Å². The molecule has 1 aliphatic rings. The number of alkyl halides is 3. The Hall–Kier alpha value is -2.53. The molecule has 0 spiro atoms. The summed E-state index contributed by atoms with van der Waals surface area (Å²) in [5, 5.41) is 1.56. The lowest BCUT2D eigenvalue weighted by Gasteiger charge is -2.34. The lowest BCUT2D eigenvalue weighted by atomic mass is 9.98. The van der Waals surface area contributed by atoms with Gasteiger partial charge in [-0.05, 0) is 45.4 Å². The Bertz CT molecular complexity index is 800. The highest BCUT2D eigenvalue weighted by Gasteiger charge is 2.33. The van der Waals surface area contributed by atoms with E-state index in [1.165, 1.54) is 0 Å². The Morgan fingerprint density at radius 1 is 1.10 bits per heavy atom. The van der Waals surface area contributed by atoms with Crippen LogP contribution in [0.5, 0.6) is 5.75 Å². The quantitative estimate of drug-likeness (QED) is 0.526. The molecule has 0 atom stereocenters. The Morgan fingerprint density at radius 3 is 2.23 bits per heavy atom. The average Bonchev–Trinajstić information content (AvgIpc) is 2.64. The van der Waals surface area contributed by atoms with Crippen molar-refractivity contribution in [1.82, 2.24) is 9.96 Å². The molecule has 11 heteroatoms. The second-order valence-corrected chi connectivity index (χ2v) is 8.15. The van der Waals surface area contributed by atoms with E-state index < -0.39 is 23.5 Å². The van der Waals surface area contributed by atoms with E-state index in [-0.39, 0.29) is 30.4 Å². The first kappa shape index (κ1) is 24.7. The number of hydroxylamine groups is 2. The van der Waals surface area contributed by atoms with Gasteiger partial charge in [0.25, 0.3) is 0 Å². The van der Waals surface area contributed by atoms with Crippen molar-refractivity contribution < 1.29 is 37.1 Å². The number of rotatable bonds is 6. The summed E-state index contributed by atoms with van der Waals surface area (Å²) in [4.78, 5) is 31.5. The van der Waals surface area contributed by atoms with E-state index >= 15 is 0 Å². The molecule has 0 unspecified atom stereocenters. The van der Waals surface area contributed by atoms with Gasteiger partial charge in [-0.15, -0.1) is 18.2 Å². The highest BCUT2D eigenvalue weighted by molar-refractivity contribution is 5.96. The topological polar surface area (TPSA) is 94.3 Å². The number of nitrogen functional groups attached to an aromatic ring is 1. The molecule has 1 heterocycles. The van der Waals surface area contributed by atoms with E-state index in [0.717, 1.165) is 12.1 Å². The number of anilines is 1. The molecule has 1 aromatic carbocycles. The standard InChI is InChI=1S/C20H28F3N3O5/c1-5-29-17(27)15-11-14(30-20(21,22)23)10-13(16(15)24)12-25-6-8-26(9-7-25)31-18(28)19(2,3)4/h10-11H,5-9,12,24H2,1-4H3. The number of benzene rings is 1. The number of ether oxygens (including phenoxy) is 2. The third-order valence-corrected chi connectivity index (χ3v) is 4.52. The number of halogens is 3. The van der Waals surface area contributed by atoms with Gasteiger partial charge in [-0.1, -0.05) is 0 Å². The molecule has 1 aliphatic heterocycles. The van der Waals surface area contributed by atoms with Gasteiger partial charge in [-0.25, -0.2) is 9.59 Å². The fourth-order valence-electron chi connectivity index (χ4n) is 2.86. The van der Waals surface area contributed by atoms with E-state index in [1.807, 2.05) is 4.90 Å². The SMILES string of the molecule is CCOC(=O)c1cc(OC(F)(F)F)cc(CN2CCN(OC(=O)C(C)(C)C)CC2)c1N. The molecule has 31 heavy (non-hydrogen) atoms. The first-order valence-electron chi connectivity index (χ1n) is 9.85. The minimum atomic E-state index is -4.91. The summed E-state index contributed by atoms with van der Waals surface area (Å²) in [5.74, 6) is -1.72. The van der Waals surface area contributed by atoms with Crippen LogP contribution in [0.1, 0.15) is 43.6 Å². The predicted molar refractivity (Wildman–Crippen MR) is 106 cm³/mol. The van der Waals surface area contributed by atoms with Crippen molar-refractivity contribution in [2.75, 3.05) is 38.5 Å². The normalized spacial score (nSPS) is 16.1. The van der Waals surface area contributed by atoms with Crippen LogP contribution in [0.15, 0.2) is 12.1 Å². The zero-order chi connectivity index (χ0) is 23.4. The summed E-state index contributed by atoms with van der Waals surface area (Å²) in [6, 6.07) is 2.09. The van der Waals surface area contributed by atoms with E-state index in [1.54, 1.807) is 32.8 Å². The van der Waals surface area contributed by atoms with Crippen LogP contribution >= 0.6 is 0 Å². The van der Waals surface area contributed by atoms with Crippen molar-refractivity contribution in [3.63, 3.8) is 0 Å². The minimum Gasteiger partial charge on any atom is -0.462 e. The summed E-state index contributed by atoms with van der Waals surface area (Å²) in [6.07, 6.45) is -4.91. The van der Waals surface area contributed by atoms with Crippen molar-refractivity contribution in [3.05, 3.63) is 23.3 Å². The molecule has 0 aliphatic carbocycles. The Balaban J connectivity index is 2.13. The number of carbonyl (C=O) groups excluding carboxylic acids is 2. The summed E-state index contributed by atoms with van der Waals surface area (Å²) in [6.45, 7) is 8.89. The number of nitrogens with zero attached hydrogens (tertiary/aromatic N) is 2. The monoisotopic (exact) mass is 447 g/mol. The first-order chi connectivity index (χ1) is 14.3. The molecule has 1 fully saturated rings. The van der Waals surface area contributed by atoms with Gasteiger partial charge in [-0.3, -0.25) is 4.90 Å². The van der Waals surface area contributed by atoms with Crippen LogP contribution in [-0.2, 0) is 20.9 Å². The van der Waals surface area contributed by atoms with E-state index in [0.29, 0.717) is 31.7 Å². The van der Waals surface area contributed by atoms with Crippen LogP contribution in [0.2, 0.25) is 0 Å². The van der Waals surface area contributed by atoms with Gasteiger partial charge in [0, 0.05) is 32.7 Å². The van der Waals surface area contributed by atoms with Crippen molar-refractivity contribution >= 4 is 17.6 Å². The van der Waals surface area contributed by atoms with Gasteiger partial charge < -0.3 is 20.0 Å². The van der Waals surface area contributed by atoms with Crippen LogP contribution in [0, 0.1) is 5.41 Å². The first-order valence-corrected chi connectivity index (χ1v) is 9.85. The smallest absolute Gasteiger partial charge is 0.462 e. The molecule has 1 aromatic rings. The maximum atomic E-state index is 12.7. The average molecular weight is 447 g/mol. The molecule has 0 saturated carbocycles. The summed E-state index contributed by atoms with van der Waals surface area (Å²) < 4.78 is 47.0. The molecule has 0 radical (unpaired) electrons. The van der Waals surface area contributed by atoms with Crippen molar-refractivity contribution in [1.29, 1.82) is 0 Å². The highest BCUT2D eigenvalue weighted by Crippen LogP contribution is 2.31. The highest BCUT2D eigenvalue weighted by atomic mass is 19.4.